The van der Waals surface area contributed by atoms with E-state index in [1.165, 1.54) is 0 Å². The molecule has 2 atom stereocenters. The van der Waals surface area contributed by atoms with Crippen molar-refractivity contribution in [1.29, 1.82) is 0 Å². The third-order valence-corrected chi connectivity index (χ3v) is 7.15. The van der Waals surface area contributed by atoms with Gasteiger partial charge in [-0.25, -0.2) is 9.59 Å². The Bertz CT molecular complexity index is 898. The van der Waals surface area contributed by atoms with Crippen LogP contribution in [0.1, 0.15) is 82.1 Å². The van der Waals surface area contributed by atoms with E-state index in [-0.39, 0.29) is 36.7 Å². The van der Waals surface area contributed by atoms with Crippen LogP contribution in [0.4, 0.5) is 0 Å². The summed E-state index contributed by atoms with van der Waals surface area (Å²) >= 11 is 0. The number of ether oxygens (including phenoxy) is 6. The van der Waals surface area contributed by atoms with Gasteiger partial charge in [-0.1, -0.05) is 27.7 Å². The molecule has 0 aromatic carbocycles. The Morgan fingerprint density at radius 2 is 0.820 bits per heavy atom. The molecule has 1 aliphatic rings. The number of nitrogens with zero attached hydrogens (tertiary/aromatic N) is 2. The molecule has 14 nitrogen and oxygen atoms in total. The van der Waals surface area contributed by atoms with Crippen LogP contribution in [0.15, 0.2) is 0 Å². The zero-order valence-corrected chi connectivity index (χ0v) is 32.6. The molecule has 14 heteroatoms. The fourth-order valence-electron chi connectivity index (χ4n) is 4.96. The maximum Gasteiger partial charge on any atom is 0.329 e. The van der Waals surface area contributed by atoms with Crippen molar-refractivity contribution in [2.45, 2.75) is 105 Å². The van der Waals surface area contributed by atoms with Crippen LogP contribution in [-0.2, 0) is 47.6 Å². The van der Waals surface area contributed by atoms with Gasteiger partial charge < -0.3 is 39.1 Å². The summed E-state index contributed by atoms with van der Waals surface area (Å²) in [5.41, 5.74) is -1.30. The molecule has 292 valence electrons. The van der Waals surface area contributed by atoms with Crippen LogP contribution in [0, 0.1) is 11.8 Å². The second-order valence-electron chi connectivity index (χ2n) is 15.6. The molecule has 0 spiro atoms. The molecule has 1 heterocycles. The topological polar surface area (TPSA) is 154 Å². The zero-order chi connectivity index (χ0) is 37.7. The van der Waals surface area contributed by atoms with Crippen molar-refractivity contribution < 1.29 is 47.6 Å². The van der Waals surface area contributed by atoms with Gasteiger partial charge in [-0.2, -0.15) is 0 Å². The van der Waals surface area contributed by atoms with Crippen molar-refractivity contribution in [3.05, 3.63) is 0 Å². The van der Waals surface area contributed by atoms with Crippen molar-refractivity contribution in [1.82, 2.24) is 20.4 Å². The summed E-state index contributed by atoms with van der Waals surface area (Å²) in [6.07, 6.45) is 0.954. The Kier molecular flexibility index (Phi) is 21.9. The summed E-state index contributed by atoms with van der Waals surface area (Å²) in [5, 5.41) is 5.74. The average molecular weight is 717 g/mol. The maximum absolute atomic E-state index is 13.0. The first-order valence-corrected chi connectivity index (χ1v) is 18.1. The molecule has 0 aromatic heterocycles. The molecule has 1 saturated heterocycles. The van der Waals surface area contributed by atoms with Crippen molar-refractivity contribution in [2.24, 2.45) is 11.8 Å². The first-order chi connectivity index (χ1) is 23.3. The molecule has 1 fully saturated rings. The Morgan fingerprint density at radius 1 is 0.540 bits per heavy atom. The fourth-order valence-corrected chi connectivity index (χ4v) is 4.96. The van der Waals surface area contributed by atoms with Gasteiger partial charge in [0, 0.05) is 26.2 Å². The van der Waals surface area contributed by atoms with Gasteiger partial charge in [0.05, 0.1) is 65.9 Å². The Labute approximate surface area is 300 Å². The molecule has 0 unspecified atom stereocenters. The van der Waals surface area contributed by atoms with E-state index in [0.717, 1.165) is 0 Å². The summed E-state index contributed by atoms with van der Waals surface area (Å²) < 4.78 is 34.2. The van der Waals surface area contributed by atoms with E-state index in [4.69, 9.17) is 28.4 Å². The number of carbonyl (C=O) groups is 4. The van der Waals surface area contributed by atoms with E-state index in [1.54, 1.807) is 41.5 Å². The third-order valence-electron chi connectivity index (χ3n) is 7.15. The van der Waals surface area contributed by atoms with Gasteiger partial charge in [-0.15, -0.1) is 0 Å². The molecule has 1 rings (SSSR count). The first-order valence-electron chi connectivity index (χ1n) is 18.1. The predicted octanol–water partition coefficient (Wildman–Crippen LogP) is 2.42. The van der Waals surface area contributed by atoms with Gasteiger partial charge in [0.25, 0.3) is 0 Å². The number of esters is 2. The largest absolute Gasteiger partial charge is 0.458 e. The number of carbonyl (C=O) groups excluding carboxylic acids is 4. The van der Waals surface area contributed by atoms with Crippen molar-refractivity contribution in [3.63, 3.8) is 0 Å². The number of rotatable bonds is 12. The number of amides is 2. The van der Waals surface area contributed by atoms with Crippen molar-refractivity contribution >= 4 is 23.8 Å². The molecule has 1 aliphatic heterocycles. The number of nitrogens with one attached hydrogen (secondary N) is 2. The monoisotopic (exact) mass is 716 g/mol. The smallest absolute Gasteiger partial charge is 0.329 e. The summed E-state index contributed by atoms with van der Waals surface area (Å²) in [6.45, 7) is 23.9. The van der Waals surface area contributed by atoms with Crippen LogP contribution in [0.5, 0.6) is 0 Å². The standard InChI is InChI=1S/C36H68N4O10/c1-27(2)23-29(33(43)49-35(5,6)7)37-31(41)25-39-11-15-45-19-21-47-17-13-40(14-18-48-22-20-46-16-12-39)26-32(42)38-30(24-28(3)4)34(44)50-36(8,9)10/h27-30H,11-26H2,1-10H3,(H,37,41)(H,38,42)/t29-,30+. The highest BCUT2D eigenvalue weighted by Gasteiger charge is 2.29. The van der Waals surface area contributed by atoms with E-state index < -0.39 is 35.2 Å². The van der Waals surface area contributed by atoms with Crippen LogP contribution in [0.25, 0.3) is 0 Å². The van der Waals surface area contributed by atoms with E-state index in [1.807, 2.05) is 37.5 Å². The third kappa shape index (κ3) is 23.9. The molecule has 0 saturated carbocycles. The summed E-state index contributed by atoms with van der Waals surface area (Å²) in [6, 6.07) is -1.46. The van der Waals surface area contributed by atoms with E-state index in [2.05, 4.69) is 10.6 Å². The quantitative estimate of drug-likeness (QED) is 0.285. The van der Waals surface area contributed by atoms with Crippen LogP contribution < -0.4 is 10.6 Å². The van der Waals surface area contributed by atoms with Gasteiger partial charge in [-0.3, -0.25) is 19.4 Å². The first kappa shape index (κ1) is 45.7. The Morgan fingerprint density at radius 3 is 1.06 bits per heavy atom. The molecular weight excluding hydrogens is 648 g/mol. The molecule has 2 amide bonds. The second-order valence-corrected chi connectivity index (χ2v) is 15.6. The van der Waals surface area contributed by atoms with Gasteiger partial charge in [0.2, 0.25) is 11.8 Å². The van der Waals surface area contributed by atoms with Crippen LogP contribution in [-0.4, -0.2) is 149 Å². The minimum Gasteiger partial charge on any atom is -0.458 e. The minimum atomic E-state index is -0.728. The summed E-state index contributed by atoms with van der Waals surface area (Å²) in [5.74, 6) is -1.04. The van der Waals surface area contributed by atoms with Crippen LogP contribution in [0.2, 0.25) is 0 Å². The molecule has 0 radical (unpaired) electrons. The molecule has 2 N–H and O–H groups in total. The highest BCUT2D eigenvalue weighted by Crippen LogP contribution is 2.14. The summed E-state index contributed by atoms with van der Waals surface area (Å²) in [4.78, 5) is 55.5. The lowest BCUT2D eigenvalue weighted by molar-refractivity contribution is -0.159. The SMILES string of the molecule is CC(C)C[C@H](NC(=O)CN1CCOCCOCCN(CC(=O)N[C@H](CC(C)C)C(=O)OC(C)(C)C)CCOCCOCC1)C(=O)OC(C)(C)C. The van der Waals surface area contributed by atoms with Crippen molar-refractivity contribution in [2.75, 3.05) is 92.1 Å². The van der Waals surface area contributed by atoms with Gasteiger partial charge in [0.1, 0.15) is 23.3 Å². The number of hydrogen-bond acceptors (Lipinski definition) is 12. The van der Waals surface area contributed by atoms with Crippen LogP contribution >= 0.6 is 0 Å². The van der Waals surface area contributed by atoms with E-state index in [0.29, 0.717) is 91.9 Å². The lowest BCUT2D eigenvalue weighted by Gasteiger charge is -2.27. The highest BCUT2D eigenvalue weighted by molar-refractivity contribution is 5.86. The average Bonchev–Trinajstić information content (AvgIpc) is 2.96. The highest BCUT2D eigenvalue weighted by atomic mass is 16.6. The molecular formula is C36H68N4O10. The molecule has 50 heavy (non-hydrogen) atoms. The predicted molar refractivity (Wildman–Crippen MR) is 191 cm³/mol. The molecule has 0 bridgehead atoms. The van der Waals surface area contributed by atoms with Gasteiger partial charge >= 0.3 is 11.9 Å². The Hall–Kier alpha value is -2.36. The molecule has 0 aliphatic carbocycles. The van der Waals surface area contributed by atoms with Gasteiger partial charge in [0.15, 0.2) is 0 Å². The fraction of sp³-hybridized carbons (Fsp3) is 0.889. The Balaban J connectivity index is 2.69. The van der Waals surface area contributed by atoms with E-state index >= 15 is 0 Å². The van der Waals surface area contributed by atoms with Crippen molar-refractivity contribution in [3.8, 4) is 0 Å². The molecule has 0 aromatic rings. The lowest BCUT2D eigenvalue weighted by atomic mass is 10.0. The maximum atomic E-state index is 13.0. The zero-order valence-electron chi connectivity index (χ0n) is 32.6. The van der Waals surface area contributed by atoms with Gasteiger partial charge in [-0.05, 0) is 66.2 Å². The minimum absolute atomic E-state index is 0.0799. The normalized spacial score (nSPS) is 18.8. The lowest BCUT2D eigenvalue weighted by Crippen LogP contribution is -2.49. The van der Waals surface area contributed by atoms with E-state index in [9.17, 15) is 19.2 Å². The number of hydrogen-bond donors (Lipinski definition) is 2. The van der Waals surface area contributed by atoms with Crippen LogP contribution in [0.3, 0.4) is 0 Å². The second kappa shape index (κ2) is 24.0. The summed E-state index contributed by atoms with van der Waals surface area (Å²) in [7, 11) is 0.